The van der Waals surface area contributed by atoms with Crippen molar-refractivity contribution in [3.63, 3.8) is 0 Å². The zero-order valence-corrected chi connectivity index (χ0v) is 25.7. The zero-order chi connectivity index (χ0) is 30.5. The first-order valence-electron chi connectivity index (χ1n) is 14.8. The number of aryl methyl sites for hydroxylation is 2. The Hall–Kier alpha value is -4.87. The van der Waals surface area contributed by atoms with Crippen LogP contribution in [0.1, 0.15) is 59.6 Å². The summed E-state index contributed by atoms with van der Waals surface area (Å²) < 4.78 is 2.25. The molecule has 44 heavy (non-hydrogen) atoms. The molecule has 1 aliphatic carbocycles. The van der Waals surface area contributed by atoms with Gasteiger partial charge in [-0.25, -0.2) is 0 Å². The van der Waals surface area contributed by atoms with Gasteiger partial charge in [-0.1, -0.05) is 72.8 Å². The van der Waals surface area contributed by atoms with Gasteiger partial charge in [-0.15, -0.1) is 11.3 Å². The molecular formula is C39H31NO3S. The van der Waals surface area contributed by atoms with Gasteiger partial charge in [0, 0.05) is 61.2 Å². The average molecular weight is 594 g/mol. The van der Waals surface area contributed by atoms with Crippen LogP contribution in [0.15, 0.2) is 96.6 Å². The van der Waals surface area contributed by atoms with E-state index in [0.29, 0.717) is 16.7 Å². The summed E-state index contributed by atoms with van der Waals surface area (Å²) in [6.45, 7) is 3.90. The van der Waals surface area contributed by atoms with Crippen molar-refractivity contribution in [1.29, 1.82) is 0 Å². The Kier molecular flexibility index (Phi) is 6.98. The van der Waals surface area contributed by atoms with E-state index in [1.807, 2.05) is 24.3 Å². The van der Waals surface area contributed by atoms with Gasteiger partial charge in [0.25, 0.3) is 0 Å². The fourth-order valence-corrected chi connectivity index (χ4v) is 7.82. The lowest BCUT2D eigenvalue weighted by molar-refractivity contribution is 0.0935. The summed E-state index contributed by atoms with van der Waals surface area (Å²) >= 11 is 1.66. The molecule has 4 nitrogen and oxygen atoms in total. The molecular weight excluding hydrogens is 563 g/mol. The van der Waals surface area contributed by atoms with E-state index < -0.39 is 0 Å². The molecule has 4 aromatic carbocycles. The van der Waals surface area contributed by atoms with Gasteiger partial charge in [-0.05, 0) is 78.8 Å². The fourth-order valence-electron chi connectivity index (χ4n) is 6.65. The fraction of sp³-hybridized carbons (Fsp3) is 0.154. The zero-order valence-electron chi connectivity index (χ0n) is 24.9. The van der Waals surface area contributed by atoms with Crippen molar-refractivity contribution in [1.82, 2.24) is 4.57 Å². The van der Waals surface area contributed by atoms with Crippen molar-refractivity contribution in [2.75, 3.05) is 0 Å². The molecule has 0 saturated carbocycles. The second-order valence-corrected chi connectivity index (χ2v) is 12.9. The maximum atomic E-state index is 13.1. The molecule has 7 rings (SSSR count). The Morgan fingerprint density at radius 3 is 2.45 bits per heavy atom. The molecule has 0 fully saturated rings. The molecule has 0 bridgehead atoms. The summed E-state index contributed by atoms with van der Waals surface area (Å²) in [6.07, 6.45) is 4.19. The molecule has 0 N–H and O–H groups in total. The molecule has 1 aliphatic rings. The van der Waals surface area contributed by atoms with Gasteiger partial charge in [0.05, 0.1) is 0 Å². The number of fused-ring (bicyclic) bond motifs is 4. The Morgan fingerprint density at radius 2 is 1.66 bits per heavy atom. The predicted octanol–water partition coefficient (Wildman–Crippen LogP) is 9.06. The number of nitrogens with zero attached hydrogens (tertiary/aromatic N) is 1. The summed E-state index contributed by atoms with van der Waals surface area (Å²) in [5, 5.41) is 2.40. The Labute approximate surface area is 260 Å². The molecule has 0 aliphatic heterocycles. The number of thiophene rings is 1. The monoisotopic (exact) mass is 593 g/mol. The van der Waals surface area contributed by atoms with Crippen LogP contribution in [0.3, 0.4) is 0 Å². The van der Waals surface area contributed by atoms with Crippen molar-refractivity contribution >= 4 is 57.1 Å². The molecule has 0 amide bonds. The summed E-state index contributed by atoms with van der Waals surface area (Å²) in [5.74, 6) is 0.113. The number of aromatic nitrogens is 1. The lowest BCUT2D eigenvalue weighted by Crippen LogP contribution is -2.12. The van der Waals surface area contributed by atoms with Gasteiger partial charge in [-0.3, -0.25) is 14.4 Å². The van der Waals surface area contributed by atoms with E-state index in [9.17, 15) is 14.4 Å². The molecule has 216 valence electrons. The van der Waals surface area contributed by atoms with Crippen LogP contribution in [0.25, 0.3) is 38.3 Å². The first kappa shape index (κ1) is 27.9. The number of benzene rings is 4. The van der Waals surface area contributed by atoms with Crippen molar-refractivity contribution in [3.8, 4) is 10.4 Å². The molecule has 1 atom stereocenters. The second kappa shape index (κ2) is 11.0. The molecule has 0 saturated heterocycles. The molecule has 0 radical (unpaired) electrons. The number of allylic oxidation sites excluding steroid dienone is 1. The van der Waals surface area contributed by atoms with Crippen molar-refractivity contribution in [2.45, 2.75) is 26.7 Å². The molecule has 0 spiro atoms. The van der Waals surface area contributed by atoms with E-state index in [1.54, 1.807) is 42.5 Å². The highest BCUT2D eigenvalue weighted by Gasteiger charge is 2.30. The summed E-state index contributed by atoms with van der Waals surface area (Å²) in [4.78, 5) is 39.7. The third-order valence-electron chi connectivity index (χ3n) is 8.92. The van der Waals surface area contributed by atoms with Crippen LogP contribution in [0.5, 0.6) is 0 Å². The van der Waals surface area contributed by atoms with Crippen LogP contribution in [-0.2, 0) is 19.9 Å². The van der Waals surface area contributed by atoms with Crippen LogP contribution in [0.2, 0.25) is 0 Å². The van der Waals surface area contributed by atoms with Gasteiger partial charge >= 0.3 is 0 Å². The Bertz CT molecular complexity index is 2180. The lowest BCUT2D eigenvalue weighted by Gasteiger charge is -2.09. The van der Waals surface area contributed by atoms with Crippen LogP contribution < -0.4 is 0 Å². The van der Waals surface area contributed by atoms with E-state index in [4.69, 9.17) is 0 Å². The SMILES string of the molecule is C/C(=C\c1cc(C)c(-c2ccc3c4ccc(CC5Cc6ccccc6C5=O)cc4n(C)c3c2)s1)C(=O)c1ccccc1C=O. The topological polar surface area (TPSA) is 56.1 Å². The number of rotatable bonds is 7. The maximum Gasteiger partial charge on any atom is 0.189 e. The van der Waals surface area contributed by atoms with Crippen molar-refractivity contribution in [2.24, 2.45) is 13.0 Å². The average Bonchev–Trinajstić information content (AvgIpc) is 3.66. The number of hydrogen-bond donors (Lipinski definition) is 0. The highest BCUT2D eigenvalue weighted by Crippen LogP contribution is 2.38. The summed E-state index contributed by atoms with van der Waals surface area (Å²) in [7, 11) is 2.11. The van der Waals surface area contributed by atoms with E-state index in [-0.39, 0.29) is 17.5 Å². The van der Waals surface area contributed by atoms with E-state index in [2.05, 4.69) is 67.1 Å². The number of Topliss-reactive ketones (excluding diaryl/α,β-unsaturated/α-hetero) is 2. The van der Waals surface area contributed by atoms with Gasteiger partial charge in [0.2, 0.25) is 0 Å². The standard InChI is InChI=1S/C39H31NO3S/c1-23(37(42)32-11-7-5-9-28(32)22-41)16-30-17-24(2)39(44-30)27-13-15-34-33-14-12-25(19-35(33)40(3)36(34)21-27)18-29-20-26-8-4-6-10-31(26)38(29)43/h4-17,19,21-22,29H,18,20H2,1-3H3/b23-16+. The van der Waals surface area contributed by atoms with Crippen LogP contribution >= 0.6 is 11.3 Å². The minimum absolute atomic E-state index is 0.00474. The molecule has 2 heterocycles. The number of ketones is 2. The third-order valence-corrected chi connectivity index (χ3v) is 10.2. The first-order valence-corrected chi connectivity index (χ1v) is 15.6. The third kappa shape index (κ3) is 4.74. The quantitative estimate of drug-likeness (QED) is 0.105. The largest absolute Gasteiger partial charge is 0.344 e. The van der Waals surface area contributed by atoms with Crippen LogP contribution in [0, 0.1) is 12.8 Å². The minimum Gasteiger partial charge on any atom is -0.344 e. The van der Waals surface area contributed by atoms with Gasteiger partial charge in [0.1, 0.15) is 0 Å². The van der Waals surface area contributed by atoms with Crippen LogP contribution in [-0.4, -0.2) is 22.4 Å². The Morgan fingerprint density at radius 1 is 0.932 bits per heavy atom. The highest BCUT2D eigenvalue weighted by molar-refractivity contribution is 7.16. The van der Waals surface area contributed by atoms with E-state index in [1.165, 1.54) is 16.3 Å². The number of aldehydes is 1. The van der Waals surface area contributed by atoms with Crippen LogP contribution in [0.4, 0.5) is 0 Å². The molecule has 2 aromatic heterocycles. The van der Waals surface area contributed by atoms with E-state index in [0.717, 1.165) is 62.2 Å². The molecule has 5 heteroatoms. The second-order valence-electron chi connectivity index (χ2n) is 11.8. The molecule has 1 unspecified atom stereocenters. The number of carbonyl (C=O) groups is 3. The first-order chi connectivity index (χ1) is 21.3. The van der Waals surface area contributed by atoms with Crippen molar-refractivity contribution in [3.05, 3.63) is 135 Å². The predicted molar refractivity (Wildman–Crippen MR) is 180 cm³/mol. The van der Waals surface area contributed by atoms with E-state index >= 15 is 0 Å². The summed E-state index contributed by atoms with van der Waals surface area (Å²) in [5.41, 5.74) is 9.24. The smallest absolute Gasteiger partial charge is 0.189 e. The molecule has 6 aromatic rings. The Balaban J connectivity index is 1.18. The van der Waals surface area contributed by atoms with Gasteiger partial charge < -0.3 is 4.57 Å². The minimum atomic E-state index is -0.140. The number of carbonyl (C=O) groups excluding carboxylic acids is 3. The number of hydrogen-bond acceptors (Lipinski definition) is 4. The lowest BCUT2D eigenvalue weighted by atomic mass is 9.95. The highest BCUT2D eigenvalue weighted by atomic mass is 32.1. The van der Waals surface area contributed by atoms with Gasteiger partial charge in [0.15, 0.2) is 17.9 Å². The normalized spacial score (nSPS) is 14.8. The van der Waals surface area contributed by atoms with Crippen molar-refractivity contribution < 1.29 is 14.4 Å². The van der Waals surface area contributed by atoms with Gasteiger partial charge in [-0.2, -0.15) is 0 Å². The maximum absolute atomic E-state index is 13.1. The summed E-state index contributed by atoms with van der Waals surface area (Å²) in [6, 6.07) is 30.2.